The molecule has 0 spiro atoms. The molecular weight excluding hydrogens is 340 g/mol. The minimum Gasteiger partial charge on any atom is -0.481 e. The van der Waals surface area contributed by atoms with Crippen LogP contribution in [0.5, 0.6) is 5.75 Å². The van der Waals surface area contributed by atoms with Gasteiger partial charge < -0.3 is 19.5 Å². The van der Waals surface area contributed by atoms with Crippen LogP contribution in [0.4, 0.5) is 0 Å². The van der Waals surface area contributed by atoms with E-state index in [0.29, 0.717) is 23.9 Å². The Balaban J connectivity index is 1.76. The van der Waals surface area contributed by atoms with Crippen molar-refractivity contribution in [3.63, 3.8) is 0 Å². The van der Waals surface area contributed by atoms with Crippen LogP contribution in [0.1, 0.15) is 24.4 Å². The predicted molar refractivity (Wildman–Crippen MR) is 96.8 cm³/mol. The normalized spacial score (nSPS) is 18.9. The maximum atomic E-state index is 13.0. The Kier molecular flexibility index (Phi) is 5.30. The summed E-state index contributed by atoms with van der Waals surface area (Å²) in [5.41, 5.74) is 0.910. The fourth-order valence-electron chi connectivity index (χ4n) is 3.12. The first-order valence-corrected chi connectivity index (χ1v) is 8.76. The van der Waals surface area contributed by atoms with Crippen molar-refractivity contribution in [2.24, 2.45) is 7.05 Å². The van der Waals surface area contributed by atoms with Crippen LogP contribution in [0.25, 0.3) is 0 Å². The Morgan fingerprint density at radius 1 is 1.48 bits per heavy atom. The molecule has 134 valence electrons. The van der Waals surface area contributed by atoms with Gasteiger partial charge in [-0.3, -0.25) is 4.79 Å². The van der Waals surface area contributed by atoms with Crippen molar-refractivity contribution in [3.8, 4) is 5.75 Å². The maximum Gasteiger partial charge on any atom is 0.264 e. The van der Waals surface area contributed by atoms with E-state index in [1.54, 1.807) is 25.3 Å². The summed E-state index contributed by atoms with van der Waals surface area (Å²) in [6.07, 6.45) is 3.06. The molecule has 1 fully saturated rings. The zero-order chi connectivity index (χ0) is 18.0. The number of carbonyl (C=O) groups is 1. The zero-order valence-electron chi connectivity index (χ0n) is 14.7. The standard InChI is InChI=1S/C18H23ClN4O2/c1-12-10-14(19)4-5-16(12)25-13(2)18(24)23-9-6-20-11-15(23)17-21-7-8-22(17)3/h4-5,7-8,10,13,15,20H,6,9,11H2,1-3H3. The van der Waals surface area contributed by atoms with Crippen molar-refractivity contribution in [2.75, 3.05) is 19.6 Å². The van der Waals surface area contributed by atoms with Crippen LogP contribution in [0, 0.1) is 6.92 Å². The molecule has 3 rings (SSSR count). The van der Waals surface area contributed by atoms with Crippen molar-refractivity contribution in [1.29, 1.82) is 0 Å². The van der Waals surface area contributed by atoms with Crippen LogP contribution in [0.15, 0.2) is 30.6 Å². The number of aromatic nitrogens is 2. The highest BCUT2D eigenvalue weighted by molar-refractivity contribution is 6.30. The number of rotatable bonds is 4. The van der Waals surface area contributed by atoms with E-state index >= 15 is 0 Å². The van der Waals surface area contributed by atoms with Crippen LogP contribution < -0.4 is 10.1 Å². The first-order valence-electron chi connectivity index (χ1n) is 8.38. The van der Waals surface area contributed by atoms with E-state index in [-0.39, 0.29) is 11.9 Å². The number of ether oxygens (including phenoxy) is 1. The number of hydrogen-bond donors (Lipinski definition) is 1. The van der Waals surface area contributed by atoms with Gasteiger partial charge in [0.1, 0.15) is 17.6 Å². The Bertz CT molecular complexity index is 761. The van der Waals surface area contributed by atoms with Crippen LogP contribution in [0.3, 0.4) is 0 Å². The first-order chi connectivity index (χ1) is 12.0. The lowest BCUT2D eigenvalue weighted by Gasteiger charge is -2.37. The molecule has 2 unspecified atom stereocenters. The fourth-order valence-corrected chi connectivity index (χ4v) is 3.34. The van der Waals surface area contributed by atoms with Gasteiger partial charge in [0.05, 0.1) is 0 Å². The Morgan fingerprint density at radius 3 is 2.96 bits per heavy atom. The minimum atomic E-state index is -0.583. The van der Waals surface area contributed by atoms with Crippen LogP contribution in [-0.4, -0.2) is 46.1 Å². The molecule has 1 aromatic heterocycles. The number of nitrogens with zero attached hydrogens (tertiary/aromatic N) is 3. The summed E-state index contributed by atoms with van der Waals surface area (Å²) in [5, 5.41) is 3.99. The molecule has 1 aliphatic rings. The average molecular weight is 363 g/mol. The highest BCUT2D eigenvalue weighted by Crippen LogP contribution is 2.25. The third kappa shape index (κ3) is 3.80. The summed E-state index contributed by atoms with van der Waals surface area (Å²) in [6.45, 7) is 5.78. The quantitative estimate of drug-likeness (QED) is 0.906. The number of imidazole rings is 1. The van der Waals surface area contributed by atoms with E-state index in [2.05, 4.69) is 10.3 Å². The second kappa shape index (κ2) is 7.45. The van der Waals surface area contributed by atoms with Crippen molar-refractivity contribution < 1.29 is 9.53 Å². The van der Waals surface area contributed by atoms with E-state index < -0.39 is 6.10 Å². The summed E-state index contributed by atoms with van der Waals surface area (Å²) in [4.78, 5) is 19.3. The number of aryl methyl sites for hydroxylation is 2. The molecule has 0 saturated carbocycles. The lowest BCUT2D eigenvalue weighted by molar-refractivity contribution is -0.141. The summed E-state index contributed by atoms with van der Waals surface area (Å²) < 4.78 is 7.86. The van der Waals surface area contributed by atoms with Crippen LogP contribution >= 0.6 is 11.6 Å². The van der Waals surface area contributed by atoms with Gasteiger partial charge >= 0.3 is 0 Å². The number of piperazine rings is 1. The van der Waals surface area contributed by atoms with Gasteiger partial charge in [-0.2, -0.15) is 0 Å². The van der Waals surface area contributed by atoms with Gasteiger partial charge in [0.2, 0.25) is 0 Å². The molecular formula is C18H23ClN4O2. The molecule has 1 amide bonds. The van der Waals surface area contributed by atoms with Gasteiger partial charge in [-0.05, 0) is 37.6 Å². The number of amides is 1. The average Bonchev–Trinajstić information content (AvgIpc) is 3.02. The van der Waals surface area contributed by atoms with Crippen molar-refractivity contribution in [3.05, 3.63) is 47.0 Å². The molecule has 2 heterocycles. The maximum absolute atomic E-state index is 13.0. The molecule has 7 heteroatoms. The highest BCUT2D eigenvalue weighted by atomic mass is 35.5. The van der Waals surface area contributed by atoms with E-state index in [4.69, 9.17) is 16.3 Å². The molecule has 0 bridgehead atoms. The van der Waals surface area contributed by atoms with Crippen molar-refractivity contribution in [1.82, 2.24) is 19.8 Å². The van der Waals surface area contributed by atoms with Crippen molar-refractivity contribution in [2.45, 2.75) is 26.0 Å². The molecule has 1 saturated heterocycles. The molecule has 2 atom stereocenters. The second-order valence-electron chi connectivity index (χ2n) is 6.32. The van der Waals surface area contributed by atoms with Gasteiger partial charge in [0, 0.05) is 44.1 Å². The monoisotopic (exact) mass is 362 g/mol. The molecule has 25 heavy (non-hydrogen) atoms. The molecule has 6 nitrogen and oxygen atoms in total. The number of nitrogens with one attached hydrogen (secondary N) is 1. The molecule has 1 aliphatic heterocycles. The van der Waals surface area contributed by atoms with Gasteiger partial charge in [-0.25, -0.2) is 4.98 Å². The van der Waals surface area contributed by atoms with E-state index in [0.717, 1.165) is 17.9 Å². The Morgan fingerprint density at radius 2 is 2.28 bits per heavy atom. The first kappa shape index (κ1) is 17.8. The summed E-state index contributed by atoms with van der Waals surface area (Å²) in [7, 11) is 1.94. The van der Waals surface area contributed by atoms with Crippen LogP contribution in [-0.2, 0) is 11.8 Å². The second-order valence-corrected chi connectivity index (χ2v) is 6.75. The molecule has 0 aliphatic carbocycles. The minimum absolute atomic E-state index is 0.0381. The lowest BCUT2D eigenvalue weighted by atomic mass is 10.1. The van der Waals surface area contributed by atoms with Crippen LogP contribution in [0.2, 0.25) is 5.02 Å². The van der Waals surface area contributed by atoms with E-state index in [1.165, 1.54) is 0 Å². The molecule has 1 aromatic carbocycles. The zero-order valence-corrected chi connectivity index (χ0v) is 15.5. The molecule has 1 N–H and O–H groups in total. The highest BCUT2D eigenvalue weighted by Gasteiger charge is 2.33. The van der Waals surface area contributed by atoms with Gasteiger partial charge in [-0.1, -0.05) is 11.6 Å². The number of halogens is 1. The van der Waals surface area contributed by atoms with Gasteiger partial charge in [0.15, 0.2) is 6.10 Å². The fraction of sp³-hybridized carbons (Fsp3) is 0.444. The number of hydrogen-bond acceptors (Lipinski definition) is 4. The predicted octanol–water partition coefficient (Wildman–Crippen LogP) is 2.32. The van der Waals surface area contributed by atoms with Crippen molar-refractivity contribution >= 4 is 17.5 Å². The third-order valence-corrected chi connectivity index (χ3v) is 4.71. The van der Waals surface area contributed by atoms with E-state index in [9.17, 15) is 4.79 Å². The summed E-state index contributed by atoms with van der Waals surface area (Å²) >= 11 is 5.98. The molecule has 0 radical (unpaired) electrons. The smallest absolute Gasteiger partial charge is 0.264 e. The number of carbonyl (C=O) groups excluding carboxylic acids is 1. The SMILES string of the molecule is Cc1cc(Cl)ccc1OC(C)C(=O)N1CCNCC1c1nccn1C. The summed E-state index contributed by atoms with van der Waals surface area (Å²) in [5.74, 6) is 1.51. The Labute approximate surface area is 152 Å². The van der Waals surface area contributed by atoms with Gasteiger partial charge in [-0.15, -0.1) is 0 Å². The summed E-state index contributed by atoms with van der Waals surface area (Å²) in [6, 6.07) is 5.30. The van der Waals surface area contributed by atoms with Gasteiger partial charge in [0.25, 0.3) is 5.91 Å². The molecule has 2 aromatic rings. The Hall–Kier alpha value is -2.05. The topological polar surface area (TPSA) is 59.4 Å². The third-order valence-electron chi connectivity index (χ3n) is 4.47. The van der Waals surface area contributed by atoms with E-state index in [1.807, 2.05) is 35.7 Å². The lowest BCUT2D eigenvalue weighted by Crippen LogP contribution is -2.52. The largest absolute Gasteiger partial charge is 0.481 e. The number of benzene rings is 1.